The van der Waals surface area contributed by atoms with Crippen molar-refractivity contribution in [2.75, 3.05) is 11.9 Å². The smallest absolute Gasteiger partial charge is 0.266 e. The Morgan fingerprint density at radius 2 is 2.30 bits per heavy atom. The molecule has 2 aromatic heterocycles. The number of halogens is 1. The topological polar surface area (TPSA) is 88.9 Å². The number of pyridine rings is 1. The summed E-state index contributed by atoms with van der Waals surface area (Å²) >= 11 is 3.21. The molecule has 2 aromatic rings. The summed E-state index contributed by atoms with van der Waals surface area (Å²) in [5, 5.41) is 6.60. The molecule has 20 heavy (non-hydrogen) atoms. The van der Waals surface area contributed by atoms with E-state index in [1.807, 2.05) is 0 Å². The van der Waals surface area contributed by atoms with Gasteiger partial charge in [-0.25, -0.2) is 4.98 Å². The number of carbonyl (C=O) groups is 1. The molecular formula is C12H12BrN5O2. The number of hydrogen-bond donors (Lipinski definition) is 2. The lowest BCUT2D eigenvalue weighted by atomic mass is 10.2. The van der Waals surface area contributed by atoms with Gasteiger partial charge in [0.2, 0.25) is 11.9 Å². The van der Waals surface area contributed by atoms with Crippen LogP contribution in [0.2, 0.25) is 0 Å². The molecule has 0 unspecified atom stereocenters. The van der Waals surface area contributed by atoms with Crippen molar-refractivity contribution in [3.05, 3.63) is 27.1 Å². The van der Waals surface area contributed by atoms with Crippen LogP contribution in [-0.2, 0) is 11.8 Å². The zero-order valence-electron chi connectivity index (χ0n) is 10.7. The molecular weight excluding hydrogens is 326 g/mol. The highest BCUT2D eigenvalue weighted by Gasteiger charge is 2.22. The number of rotatable bonds is 2. The summed E-state index contributed by atoms with van der Waals surface area (Å²) in [5.41, 5.74) is 0.396. The summed E-state index contributed by atoms with van der Waals surface area (Å²) in [6.45, 7) is 0.555. The van der Waals surface area contributed by atoms with Crippen molar-refractivity contribution in [2.45, 2.75) is 12.5 Å². The SMILES string of the molecule is Cn1c(=O)c(Br)cc2cnc(N[C@H]3CNC(=O)C3)nc21. The van der Waals surface area contributed by atoms with Gasteiger partial charge in [0.25, 0.3) is 5.56 Å². The first kappa shape index (κ1) is 13.0. The van der Waals surface area contributed by atoms with Gasteiger partial charge >= 0.3 is 0 Å². The summed E-state index contributed by atoms with van der Waals surface area (Å²) in [6.07, 6.45) is 2.06. The minimum Gasteiger partial charge on any atom is -0.354 e. The highest BCUT2D eigenvalue weighted by atomic mass is 79.9. The summed E-state index contributed by atoms with van der Waals surface area (Å²) in [6, 6.07) is 1.68. The number of fused-ring (bicyclic) bond motifs is 1. The van der Waals surface area contributed by atoms with E-state index in [1.165, 1.54) is 4.57 Å². The lowest BCUT2D eigenvalue weighted by Gasteiger charge is -2.11. The predicted molar refractivity (Wildman–Crippen MR) is 77.5 cm³/mol. The van der Waals surface area contributed by atoms with E-state index in [9.17, 15) is 9.59 Å². The van der Waals surface area contributed by atoms with Gasteiger partial charge in [-0.15, -0.1) is 0 Å². The van der Waals surface area contributed by atoms with E-state index in [2.05, 4.69) is 36.5 Å². The van der Waals surface area contributed by atoms with E-state index in [0.29, 0.717) is 29.0 Å². The van der Waals surface area contributed by atoms with Crippen LogP contribution in [0.1, 0.15) is 6.42 Å². The number of amides is 1. The second-order valence-corrected chi connectivity index (χ2v) is 5.53. The largest absolute Gasteiger partial charge is 0.354 e. The molecule has 0 spiro atoms. The summed E-state index contributed by atoms with van der Waals surface area (Å²) in [4.78, 5) is 31.6. The summed E-state index contributed by atoms with van der Waals surface area (Å²) in [7, 11) is 1.66. The van der Waals surface area contributed by atoms with Gasteiger partial charge in [0.05, 0.1) is 10.5 Å². The molecule has 0 aromatic carbocycles. The van der Waals surface area contributed by atoms with Crippen LogP contribution in [-0.4, -0.2) is 33.0 Å². The predicted octanol–water partition coefficient (Wildman–Crippen LogP) is 0.391. The van der Waals surface area contributed by atoms with Gasteiger partial charge in [-0.3, -0.25) is 14.2 Å². The molecule has 0 radical (unpaired) electrons. The van der Waals surface area contributed by atoms with E-state index in [1.54, 1.807) is 19.3 Å². The Balaban J connectivity index is 1.98. The van der Waals surface area contributed by atoms with Crippen LogP contribution in [0.25, 0.3) is 11.0 Å². The first-order valence-corrected chi connectivity index (χ1v) is 6.89. The van der Waals surface area contributed by atoms with Gasteiger partial charge < -0.3 is 10.6 Å². The maximum absolute atomic E-state index is 11.9. The Bertz CT molecular complexity index is 757. The van der Waals surface area contributed by atoms with Gasteiger partial charge in [0.15, 0.2) is 0 Å². The second kappa shape index (κ2) is 4.86. The molecule has 1 saturated heterocycles. The van der Waals surface area contributed by atoms with Crippen molar-refractivity contribution < 1.29 is 4.79 Å². The molecule has 0 saturated carbocycles. The van der Waals surface area contributed by atoms with Crippen LogP contribution < -0.4 is 16.2 Å². The van der Waals surface area contributed by atoms with Gasteiger partial charge in [0, 0.05) is 31.6 Å². The van der Waals surface area contributed by atoms with Gasteiger partial charge in [-0.1, -0.05) is 0 Å². The van der Waals surface area contributed by atoms with E-state index in [0.717, 1.165) is 5.39 Å². The van der Waals surface area contributed by atoms with Crippen molar-refractivity contribution in [2.24, 2.45) is 7.05 Å². The maximum Gasteiger partial charge on any atom is 0.266 e. The Morgan fingerprint density at radius 3 is 3.00 bits per heavy atom. The lowest BCUT2D eigenvalue weighted by molar-refractivity contribution is -0.119. The molecule has 7 nitrogen and oxygen atoms in total. The monoisotopic (exact) mass is 337 g/mol. The zero-order valence-corrected chi connectivity index (χ0v) is 12.3. The average Bonchev–Trinajstić information content (AvgIpc) is 2.82. The first-order valence-electron chi connectivity index (χ1n) is 6.10. The molecule has 1 atom stereocenters. The number of aromatic nitrogens is 3. The van der Waals surface area contributed by atoms with Crippen LogP contribution in [0.3, 0.4) is 0 Å². The fourth-order valence-corrected chi connectivity index (χ4v) is 2.68. The van der Waals surface area contributed by atoms with Gasteiger partial charge in [-0.2, -0.15) is 4.98 Å². The molecule has 3 heterocycles. The highest BCUT2D eigenvalue weighted by Crippen LogP contribution is 2.15. The number of nitrogens with zero attached hydrogens (tertiary/aromatic N) is 3. The highest BCUT2D eigenvalue weighted by molar-refractivity contribution is 9.10. The van der Waals surface area contributed by atoms with Crippen LogP contribution >= 0.6 is 15.9 Å². The number of nitrogens with one attached hydrogen (secondary N) is 2. The first-order chi connectivity index (χ1) is 9.54. The maximum atomic E-state index is 11.9. The zero-order chi connectivity index (χ0) is 14.3. The fourth-order valence-electron chi connectivity index (χ4n) is 2.17. The quantitative estimate of drug-likeness (QED) is 0.827. The number of anilines is 1. The third-order valence-electron chi connectivity index (χ3n) is 3.22. The summed E-state index contributed by atoms with van der Waals surface area (Å²) in [5.74, 6) is 0.427. The van der Waals surface area contributed by atoms with Gasteiger partial charge in [0.1, 0.15) is 5.65 Å². The average molecular weight is 338 g/mol. The van der Waals surface area contributed by atoms with Crippen LogP contribution in [0, 0.1) is 0 Å². The Kier molecular flexibility index (Phi) is 3.17. The number of hydrogen-bond acceptors (Lipinski definition) is 5. The molecule has 1 fully saturated rings. The fraction of sp³-hybridized carbons (Fsp3) is 0.333. The third-order valence-corrected chi connectivity index (χ3v) is 3.78. The molecule has 1 aliphatic rings. The molecule has 0 aliphatic carbocycles. The molecule has 1 aliphatic heterocycles. The lowest BCUT2D eigenvalue weighted by Crippen LogP contribution is -2.24. The molecule has 3 rings (SSSR count). The minimum atomic E-state index is -0.153. The van der Waals surface area contributed by atoms with E-state index < -0.39 is 0 Å². The van der Waals surface area contributed by atoms with Crippen molar-refractivity contribution in [1.29, 1.82) is 0 Å². The standard InChI is InChI=1S/C12H12BrN5O2/c1-18-10-6(2-8(13)11(18)20)4-15-12(17-10)16-7-3-9(19)14-5-7/h2,4,7H,3,5H2,1H3,(H,14,19)(H,15,16,17)/t7-/m1/s1. The van der Waals surface area contributed by atoms with Crippen molar-refractivity contribution in [3.63, 3.8) is 0 Å². The molecule has 104 valence electrons. The molecule has 1 amide bonds. The van der Waals surface area contributed by atoms with Crippen LogP contribution in [0.15, 0.2) is 21.5 Å². The third kappa shape index (κ3) is 2.26. The van der Waals surface area contributed by atoms with E-state index in [-0.39, 0.29) is 17.5 Å². The second-order valence-electron chi connectivity index (χ2n) is 4.68. The Labute approximate surface area is 122 Å². The molecule has 2 N–H and O–H groups in total. The van der Waals surface area contributed by atoms with Gasteiger partial charge in [-0.05, 0) is 22.0 Å². The number of aryl methyl sites for hydroxylation is 1. The van der Waals surface area contributed by atoms with Crippen molar-refractivity contribution in [3.8, 4) is 0 Å². The Hall–Kier alpha value is -1.96. The van der Waals surface area contributed by atoms with Crippen LogP contribution in [0.5, 0.6) is 0 Å². The van der Waals surface area contributed by atoms with Crippen molar-refractivity contribution in [1.82, 2.24) is 19.9 Å². The molecule has 8 heteroatoms. The minimum absolute atomic E-state index is 0.0135. The van der Waals surface area contributed by atoms with E-state index in [4.69, 9.17) is 0 Å². The normalized spacial score (nSPS) is 18.3. The van der Waals surface area contributed by atoms with Crippen molar-refractivity contribution >= 4 is 38.8 Å². The Morgan fingerprint density at radius 1 is 1.50 bits per heavy atom. The number of carbonyl (C=O) groups excluding carboxylic acids is 1. The summed E-state index contributed by atoms with van der Waals surface area (Å²) < 4.78 is 1.94. The van der Waals surface area contributed by atoms with E-state index >= 15 is 0 Å². The molecule has 0 bridgehead atoms. The van der Waals surface area contributed by atoms with Crippen LogP contribution in [0.4, 0.5) is 5.95 Å².